The molecule has 0 aliphatic rings. The number of para-hydroxylation sites is 2. The van der Waals surface area contributed by atoms with Gasteiger partial charge in [-0.15, -0.1) is 11.3 Å². The maximum atomic E-state index is 6.24. The number of fused-ring (bicyclic) bond motifs is 9. The van der Waals surface area contributed by atoms with Gasteiger partial charge in [-0.1, -0.05) is 127 Å². The van der Waals surface area contributed by atoms with Crippen LogP contribution in [-0.2, 0) is 0 Å². The first-order chi connectivity index (χ1) is 26.3. The molecule has 248 valence electrons. The van der Waals surface area contributed by atoms with E-state index < -0.39 is 0 Å². The predicted octanol–water partition coefficient (Wildman–Crippen LogP) is 15.1. The summed E-state index contributed by atoms with van der Waals surface area (Å²) in [5.74, 6) is 0. The van der Waals surface area contributed by atoms with Crippen molar-refractivity contribution in [1.29, 1.82) is 0 Å². The zero-order valence-electron chi connectivity index (χ0n) is 28.7. The van der Waals surface area contributed by atoms with Crippen LogP contribution in [0, 0.1) is 0 Å². The lowest BCUT2D eigenvalue weighted by Gasteiger charge is -2.26. The number of benzene rings is 9. The number of thiophene rings is 1. The van der Waals surface area contributed by atoms with E-state index in [-0.39, 0.29) is 0 Å². The smallest absolute Gasteiger partial charge is 0.136 e. The Labute approximate surface area is 310 Å². The van der Waals surface area contributed by atoms with Gasteiger partial charge in [0, 0.05) is 48.0 Å². The molecular weight excluding hydrogens is 663 g/mol. The Morgan fingerprint density at radius 3 is 1.98 bits per heavy atom. The fraction of sp³-hybridized carbons (Fsp3) is 0. The van der Waals surface area contributed by atoms with E-state index in [1.165, 1.54) is 69.4 Å². The highest BCUT2D eigenvalue weighted by atomic mass is 32.1. The Morgan fingerprint density at radius 1 is 0.377 bits per heavy atom. The van der Waals surface area contributed by atoms with Crippen molar-refractivity contribution < 1.29 is 4.42 Å². The van der Waals surface area contributed by atoms with Crippen LogP contribution >= 0.6 is 11.3 Å². The zero-order chi connectivity index (χ0) is 34.9. The van der Waals surface area contributed by atoms with Crippen molar-refractivity contribution in [3.8, 4) is 22.3 Å². The highest BCUT2D eigenvalue weighted by Gasteiger charge is 2.17. The molecule has 2 heterocycles. The molecule has 0 N–H and O–H groups in total. The maximum Gasteiger partial charge on any atom is 0.136 e. The zero-order valence-corrected chi connectivity index (χ0v) is 29.5. The van der Waals surface area contributed by atoms with Crippen LogP contribution in [0.3, 0.4) is 0 Å². The van der Waals surface area contributed by atoms with E-state index in [2.05, 4.69) is 181 Å². The number of rotatable bonds is 5. The van der Waals surface area contributed by atoms with Crippen LogP contribution in [0.4, 0.5) is 17.1 Å². The molecule has 0 spiro atoms. The predicted molar refractivity (Wildman–Crippen MR) is 227 cm³/mol. The molecule has 0 atom stereocenters. The van der Waals surface area contributed by atoms with Crippen LogP contribution in [-0.4, -0.2) is 0 Å². The monoisotopic (exact) mass is 693 g/mol. The summed E-state index contributed by atoms with van der Waals surface area (Å²) in [5, 5.41) is 9.80. The van der Waals surface area contributed by atoms with E-state index in [4.69, 9.17) is 4.42 Å². The molecule has 2 aromatic heterocycles. The lowest BCUT2D eigenvalue weighted by atomic mass is 9.94. The molecule has 0 aliphatic carbocycles. The van der Waals surface area contributed by atoms with Crippen LogP contribution in [0.15, 0.2) is 192 Å². The topological polar surface area (TPSA) is 16.4 Å². The molecule has 0 unspecified atom stereocenters. The fourth-order valence-corrected chi connectivity index (χ4v) is 9.40. The lowest BCUT2D eigenvalue weighted by molar-refractivity contribution is 0.669. The van der Waals surface area contributed by atoms with E-state index >= 15 is 0 Å². The normalized spacial score (nSPS) is 11.8. The highest BCUT2D eigenvalue weighted by molar-refractivity contribution is 7.26. The average Bonchev–Trinajstić information content (AvgIpc) is 3.80. The van der Waals surface area contributed by atoms with Crippen molar-refractivity contribution in [2.75, 3.05) is 4.90 Å². The van der Waals surface area contributed by atoms with Crippen molar-refractivity contribution in [3.63, 3.8) is 0 Å². The molecule has 11 aromatic rings. The van der Waals surface area contributed by atoms with E-state index in [0.717, 1.165) is 33.6 Å². The Balaban J connectivity index is 1.01. The minimum absolute atomic E-state index is 0.921. The molecular formula is C50H31NOS. The molecule has 0 saturated heterocycles. The molecule has 0 aliphatic heterocycles. The number of anilines is 3. The number of hydrogen-bond acceptors (Lipinski definition) is 3. The van der Waals surface area contributed by atoms with E-state index in [9.17, 15) is 0 Å². The van der Waals surface area contributed by atoms with E-state index in [1.54, 1.807) is 0 Å². The van der Waals surface area contributed by atoms with Crippen molar-refractivity contribution >= 4 is 92.1 Å². The van der Waals surface area contributed by atoms with Crippen LogP contribution in [0.1, 0.15) is 0 Å². The Bertz CT molecular complexity index is 3170. The summed E-state index contributed by atoms with van der Waals surface area (Å²) in [5.41, 5.74) is 10.1. The van der Waals surface area contributed by atoms with Gasteiger partial charge in [-0.3, -0.25) is 0 Å². The second-order valence-electron chi connectivity index (χ2n) is 13.7. The minimum Gasteiger partial charge on any atom is -0.456 e. The molecule has 3 heteroatoms. The van der Waals surface area contributed by atoms with Gasteiger partial charge in [-0.25, -0.2) is 0 Å². The van der Waals surface area contributed by atoms with Crippen LogP contribution in [0.5, 0.6) is 0 Å². The fourth-order valence-electron chi connectivity index (χ4n) is 8.16. The van der Waals surface area contributed by atoms with Gasteiger partial charge in [0.2, 0.25) is 0 Å². The standard InChI is InChI=1S/C50H31NOS/c1-2-11-36(12-3-1)51(37-25-22-32(23-26-37)41-16-9-17-43-42-13-5-7-19-48(42)53-50(41)43)38-27-28-40-34(30-38)10-8-15-39(40)35-21-20-33-24-29-47-49(45(33)31-35)44-14-4-6-18-46(44)52-47/h1-31H. The summed E-state index contributed by atoms with van der Waals surface area (Å²) in [4.78, 5) is 2.35. The third kappa shape index (κ3) is 4.86. The first-order valence-corrected chi connectivity index (χ1v) is 18.8. The van der Waals surface area contributed by atoms with Crippen molar-refractivity contribution in [1.82, 2.24) is 0 Å². The Hall–Kier alpha value is -6.68. The number of hydrogen-bond donors (Lipinski definition) is 0. The van der Waals surface area contributed by atoms with E-state index in [1.807, 2.05) is 23.5 Å². The molecule has 0 amide bonds. The van der Waals surface area contributed by atoms with Crippen molar-refractivity contribution in [3.05, 3.63) is 188 Å². The van der Waals surface area contributed by atoms with Gasteiger partial charge in [0.15, 0.2) is 0 Å². The summed E-state index contributed by atoms with van der Waals surface area (Å²) < 4.78 is 8.90. The van der Waals surface area contributed by atoms with E-state index in [0.29, 0.717) is 0 Å². The highest BCUT2D eigenvalue weighted by Crippen LogP contribution is 2.43. The first kappa shape index (κ1) is 30.0. The molecule has 0 fully saturated rings. The number of furan rings is 1. The van der Waals surface area contributed by atoms with Crippen molar-refractivity contribution in [2.24, 2.45) is 0 Å². The average molecular weight is 694 g/mol. The van der Waals surface area contributed by atoms with Crippen LogP contribution in [0.2, 0.25) is 0 Å². The van der Waals surface area contributed by atoms with Gasteiger partial charge in [0.05, 0.1) is 0 Å². The third-order valence-electron chi connectivity index (χ3n) is 10.6. The SMILES string of the molecule is c1ccc(N(c2ccc(-c3cccc4c3sc3ccccc34)cc2)c2ccc3c(-c4ccc5ccc6oc7ccccc7c6c5c4)cccc3c2)cc1. The largest absolute Gasteiger partial charge is 0.456 e. The Morgan fingerprint density at radius 2 is 1.08 bits per heavy atom. The van der Waals surface area contributed by atoms with Gasteiger partial charge in [0.25, 0.3) is 0 Å². The molecule has 2 nitrogen and oxygen atoms in total. The number of nitrogens with zero attached hydrogens (tertiary/aromatic N) is 1. The molecule has 9 aromatic carbocycles. The van der Waals surface area contributed by atoms with Gasteiger partial charge in [-0.2, -0.15) is 0 Å². The Kier molecular flexibility index (Phi) is 6.76. The summed E-state index contributed by atoms with van der Waals surface area (Å²) in [6.07, 6.45) is 0. The molecule has 0 saturated carbocycles. The minimum atomic E-state index is 0.921. The quantitative estimate of drug-likeness (QED) is 0.178. The summed E-state index contributed by atoms with van der Waals surface area (Å²) in [6, 6.07) is 68.0. The lowest BCUT2D eigenvalue weighted by Crippen LogP contribution is -2.09. The van der Waals surface area contributed by atoms with Crippen LogP contribution in [0.25, 0.3) is 85.9 Å². The van der Waals surface area contributed by atoms with Crippen LogP contribution < -0.4 is 4.90 Å². The maximum absolute atomic E-state index is 6.24. The van der Waals surface area contributed by atoms with Gasteiger partial charge in [0.1, 0.15) is 11.2 Å². The van der Waals surface area contributed by atoms with Gasteiger partial charge < -0.3 is 9.32 Å². The summed E-state index contributed by atoms with van der Waals surface area (Å²) in [7, 11) is 0. The van der Waals surface area contributed by atoms with Gasteiger partial charge >= 0.3 is 0 Å². The molecule has 0 radical (unpaired) electrons. The molecule has 0 bridgehead atoms. The molecule has 53 heavy (non-hydrogen) atoms. The van der Waals surface area contributed by atoms with Gasteiger partial charge in [-0.05, 0) is 104 Å². The summed E-state index contributed by atoms with van der Waals surface area (Å²) in [6.45, 7) is 0. The second kappa shape index (κ2) is 11.9. The molecule has 11 rings (SSSR count). The van der Waals surface area contributed by atoms with Crippen molar-refractivity contribution in [2.45, 2.75) is 0 Å². The third-order valence-corrected chi connectivity index (χ3v) is 11.9. The second-order valence-corrected chi connectivity index (χ2v) is 14.7. The summed E-state index contributed by atoms with van der Waals surface area (Å²) >= 11 is 1.87. The first-order valence-electron chi connectivity index (χ1n) is 18.0.